The van der Waals surface area contributed by atoms with Gasteiger partial charge in [-0.25, -0.2) is 4.39 Å². The Morgan fingerprint density at radius 2 is 2.32 bits per heavy atom. The molecule has 0 spiro atoms. The van der Waals surface area contributed by atoms with E-state index in [4.69, 9.17) is 11.6 Å². The fraction of sp³-hybridized carbons (Fsp3) is 0.500. The normalized spacial score (nSPS) is 18.8. The summed E-state index contributed by atoms with van der Waals surface area (Å²) in [6.07, 6.45) is 1.18. The van der Waals surface area contributed by atoms with E-state index in [1.165, 1.54) is 12.5 Å². The van der Waals surface area contributed by atoms with Gasteiger partial charge in [0.15, 0.2) is 5.17 Å². The van der Waals surface area contributed by atoms with Gasteiger partial charge in [-0.1, -0.05) is 43.3 Å². The molecule has 19 heavy (non-hydrogen) atoms. The van der Waals surface area contributed by atoms with Crippen LogP contribution in [0.3, 0.4) is 0 Å². The molecule has 1 atom stereocenters. The van der Waals surface area contributed by atoms with Gasteiger partial charge in [0.1, 0.15) is 5.82 Å². The second kappa shape index (κ2) is 6.62. The number of benzene rings is 1. The number of thioether (sulfide) groups is 1. The van der Waals surface area contributed by atoms with Gasteiger partial charge >= 0.3 is 0 Å². The molecule has 0 bridgehead atoms. The first-order chi connectivity index (χ1) is 9.04. The van der Waals surface area contributed by atoms with Crippen molar-refractivity contribution in [1.29, 1.82) is 0 Å². The fourth-order valence-electron chi connectivity index (χ4n) is 1.99. The van der Waals surface area contributed by atoms with Gasteiger partial charge in [-0.05, 0) is 30.0 Å². The molecule has 1 aromatic rings. The van der Waals surface area contributed by atoms with E-state index in [1.54, 1.807) is 23.9 Å². The summed E-state index contributed by atoms with van der Waals surface area (Å²) in [5.74, 6) is 0.318. The highest BCUT2D eigenvalue weighted by molar-refractivity contribution is 8.14. The van der Waals surface area contributed by atoms with E-state index >= 15 is 0 Å². The van der Waals surface area contributed by atoms with Crippen molar-refractivity contribution in [3.8, 4) is 0 Å². The van der Waals surface area contributed by atoms with Crippen molar-refractivity contribution in [1.82, 2.24) is 5.32 Å². The van der Waals surface area contributed by atoms with Crippen LogP contribution in [0.2, 0.25) is 5.02 Å². The summed E-state index contributed by atoms with van der Waals surface area (Å²) < 4.78 is 13.0. The third-order valence-corrected chi connectivity index (χ3v) is 4.34. The van der Waals surface area contributed by atoms with Gasteiger partial charge in [-0.15, -0.1) is 0 Å². The van der Waals surface area contributed by atoms with Crippen molar-refractivity contribution in [2.24, 2.45) is 10.9 Å². The molecule has 1 aliphatic rings. The highest BCUT2D eigenvalue weighted by Gasteiger charge is 2.20. The van der Waals surface area contributed by atoms with Crippen LogP contribution in [0.15, 0.2) is 23.2 Å². The van der Waals surface area contributed by atoms with Crippen LogP contribution in [0.5, 0.6) is 0 Å². The first-order valence-corrected chi connectivity index (χ1v) is 7.69. The zero-order chi connectivity index (χ0) is 13.8. The summed E-state index contributed by atoms with van der Waals surface area (Å²) in [5, 5.41) is 5.01. The lowest BCUT2D eigenvalue weighted by atomic mass is 10.1. The monoisotopic (exact) mass is 300 g/mol. The fourth-order valence-corrected chi connectivity index (χ4v) is 3.44. The lowest BCUT2D eigenvalue weighted by Crippen LogP contribution is -2.19. The molecule has 1 aromatic carbocycles. The SMILES string of the molecule is CC(C)CC1CN=C(NCc2ccc(F)c(Cl)c2)S1. The number of nitrogens with zero attached hydrogens (tertiary/aromatic N) is 1. The molecule has 0 aromatic heterocycles. The third kappa shape index (κ3) is 4.39. The Kier molecular flexibility index (Phi) is 5.11. The predicted octanol–water partition coefficient (Wildman–Crippen LogP) is 4.09. The molecule has 1 heterocycles. The molecule has 0 aliphatic carbocycles. The smallest absolute Gasteiger partial charge is 0.157 e. The van der Waals surface area contributed by atoms with Crippen molar-refractivity contribution >= 4 is 28.5 Å². The van der Waals surface area contributed by atoms with Gasteiger partial charge in [-0.2, -0.15) is 0 Å². The van der Waals surface area contributed by atoms with Crippen LogP contribution in [0.25, 0.3) is 0 Å². The minimum atomic E-state index is -0.380. The number of nitrogens with one attached hydrogen (secondary N) is 1. The molecule has 2 nitrogen and oxygen atoms in total. The van der Waals surface area contributed by atoms with E-state index in [1.807, 2.05) is 0 Å². The average molecular weight is 301 g/mol. The molecule has 104 valence electrons. The number of aliphatic imine (C=N–C) groups is 1. The number of hydrogen-bond acceptors (Lipinski definition) is 3. The van der Waals surface area contributed by atoms with Crippen LogP contribution in [-0.4, -0.2) is 17.0 Å². The summed E-state index contributed by atoms with van der Waals surface area (Å²) in [4.78, 5) is 4.49. The van der Waals surface area contributed by atoms with Crippen molar-refractivity contribution < 1.29 is 4.39 Å². The first-order valence-electron chi connectivity index (χ1n) is 6.43. The Balaban J connectivity index is 1.82. The lowest BCUT2D eigenvalue weighted by Gasteiger charge is -2.11. The minimum Gasteiger partial charge on any atom is -0.361 e. The summed E-state index contributed by atoms with van der Waals surface area (Å²) in [7, 11) is 0. The lowest BCUT2D eigenvalue weighted by molar-refractivity contribution is 0.575. The zero-order valence-corrected chi connectivity index (χ0v) is 12.7. The maximum atomic E-state index is 13.0. The second-order valence-corrected chi connectivity index (χ2v) is 6.81. The van der Waals surface area contributed by atoms with Crippen LogP contribution in [-0.2, 0) is 6.54 Å². The predicted molar refractivity (Wildman–Crippen MR) is 81.4 cm³/mol. The highest BCUT2D eigenvalue weighted by atomic mass is 35.5. The van der Waals surface area contributed by atoms with Crippen molar-refractivity contribution in [2.45, 2.75) is 32.1 Å². The number of halogens is 2. The molecule has 0 saturated carbocycles. The van der Waals surface area contributed by atoms with E-state index in [-0.39, 0.29) is 10.8 Å². The molecule has 0 amide bonds. The van der Waals surface area contributed by atoms with Crippen molar-refractivity contribution in [3.63, 3.8) is 0 Å². The zero-order valence-electron chi connectivity index (χ0n) is 11.1. The Hall–Kier alpha value is -0.740. The van der Waals surface area contributed by atoms with Crippen LogP contribution in [0, 0.1) is 11.7 Å². The molecule has 0 saturated heterocycles. The quantitative estimate of drug-likeness (QED) is 0.906. The molecule has 0 fully saturated rings. The van der Waals surface area contributed by atoms with Gasteiger partial charge < -0.3 is 5.32 Å². The minimum absolute atomic E-state index is 0.165. The van der Waals surface area contributed by atoms with Gasteiger partial charge in [-0.3, -0.25) is 4.99 Å². The molecule has 0 radical (unpaired) electrons. The van der Waals surface area contributed by atoms with Crippen molar-refractivity contribution in [2.75, 3.05) is 6.54 Å². The van der Waals surface area contributed by atoms with Crippen LogP contribution >= 0.6 is 23.4 Å². The van der Waals surface area contributed by atoms with E-state index in [9.17, 15) is 4.39 Å². The van der Waals surface area contributed by atoms with Gasteiger partial charge in [0.2, 0.25) is 0 Å². The number of hydrogen-bond donors (Lipinski definition) is 1. The van der Waals surface area contributed by atoms with Crippen LogP contribution in [0.4, 0.5) is 4.39 Å². The van der Waals surface area contributed by atoms with Gasteiger partial charge in [0.05, 0.1) is 11.6 Å². The van der Waals surface area contributed by atoms with Crippen molar-refractivity contribution in [3.05, 3.63) is 34.6 Å². The van der Waals surface area contributed by atoms with E-state index in [2.05, 4.69) is 24.2 Å². The van der Waals surface area contributed by atoms with E-state index in [0.717, 1.165) is 17.3 Å². The Bertz CT molecular complexity index is 477. The highest BCUT2D eigenvalue weighted by Crippen LogP contribution is 2.25. The molecule has 1 unspecified atom stereocenters. The molecular weight excluding hydrogens is 283 g/mol. The summed E-state index contributed by atoms with van der Waals surface area (Å²) in [6.45, 7) is 5.97. The maximum Gasteiger partial charge on any atom is 0.157 e. The molecule has 1 N–H and O–H groups in total. The summed E-state index contributed by atoms with van der Waals surface area (Å²) in [6, 6.07) is 4.78. The molecule has 2 rings (SSSR count). The Labute approximate surface area is 122 Å². The molecular formula is C14H18ClFN2S. The van der Waals surface area contributed by atoms with Crippen LogP contribution < -0.4 is 5.32 Å². The first kappa shape index (κ1) is 14.7. The standard InChI is InChI=1S/C14H18ClFN2S/c1-9(2)5-11-8-18-14(19-11)17-7-10-3-4-13(16)12(15)6-10/h3-4,6,9,11H,5,7-8H2,1-2H3,(H,17,18). The second-order valence-electron chi connectivity index (χ2n) is 5.12. The summed E-state index contributed by atoms with van der Waals surface area (Å²) >= 11 is 7.55. The summed E-state index contributed by atoms with van der Waals surface area (Å²) in [5.41, 5.74) is 0.960. The van der Waals surface area contributed by atoms with E-state index < -0.39 is 0 Å². The molecule has 1 aliphatic heterocycles. The molecule has 5 heteroatoms. The van der Waals surface area contributed by atoms with Crippen LogP contribution in [0.1, 0.15) is 25.8 Å². The number of amidine groups is 1. The number of rotatable bonds is 4. The van der Waals surface area contributed by atoms with E-state index in [0.29, 0.717) is 17.7 Å². The van der Waals surface area contributed by atoms with Gasteiger partial charge in [0, 0.05) is 11.8 Å². The Morgan fingerprint density at radius 1 is 1.53 bits per heavy atom. The average Bonchev–Trinajstić information content (AvgIpc) is 2.77. The Morgan fingerprint density at radius 3 is 3.00 bits per heavy atom. The van der Waals surface area contributed by atoms with Gasteiger partial charge in [0.25, 0.3) is 0 Å². The topological polar surface area (TPSA) is 24.4 Å². The maximum absolute atomic E-state index is 13.0. The third-order valence-electron chi connectivity index (χ3n) is 2.88. The largest absolute Gasteiger partial charge is 0.361 e.